The number of esters is 1. The van der Waals surface area contributed by atoms with Crippen molar-refractivity contribution in [3.63, 3.8) is 0 Å². The van der Waals surface area contributed by atoms with Gasteiger partial charge in [-0.2, -0.15) is 13.2 Å². The molecule has 1 aromatic heterocycles. The predicted molar refractivity (Wildman–Crippen MR) is 73.4 cm³/mol. The Morgan fingerprint density at radius 2 is 1.55 bits per heavy atom. The number of benzene rings is 2. The van der Waals surface area contributed by atoms with Crippen molar-refractivity contribution in [2.45, 2.75) is 6.18 Å². The summed E-state index contributed by atoms with van der Waals surface area (Å²) in [6.45, 7) is 0. The number of aromatic nitrogens is 2. The summed E-state index contributed by atoms with van der Waals surface area (Å²) in [7, 11) is 1.26. The third-order valence-corrected chi connectivity index (χ3v) is 3.18. The molecular weight excluding hydrogens is 297 g/mol. The molecule has 0 amide bonds. The highest BCUT2D eigenvalue weighted by molar-refractivity contribution is 5.95. The van der Waals surface area contributed by atoms with E-state index in [9.17, 15) is 18.0 Å². The van der Waals surface area contributed by atoms with Crippen LogP contribution in [0.5, 0.6) is 0 Å². The number of carbonyl (C=O) groups is 1. The van der Waals surface area contributed by atoms with Gasteiger partial charge in [0.2, 0.25) is 0 Å². The normalized spacial score (nSPS) is 11.8. The highest BCUT2D eigenvalue weighted by Gasteiger charge is 2.30. The topological polar surface area (TPSA) is 52.1 Å². The lowest BCUT2D eigenvalue weighted by Gasteiger charge is -2.08. The first kappa shape index (κ1) is 14.2. The van der Waals surface area contributed by atoms with E-state index >= 15 is 0 Å². The molecule has 112 valence electrons. The van der Waals surface area contributed by atoms with Crippen molar-refractivity contribution in [1.82, 2.24) is 9.97 Å². The minimum atomic E-state index is -4.43. The molecule has 3 rings (SSSR count). The van der Waals surface area contributed by atoms with E-state index in [1.807, 2.05) is 0 Å². The maximum atomic E-state index is 12.7. The van der Waals surface area contributed by atoms with Crippen LogP contribution < -0.4 is 0 Å². The Kier molecular flexibility index (Phi) is 3.20. The molecule has 0 atom stereocenters. The smallest absolute Gasteiger partial charge is 0.416 e. The molecule has 0 aliphatic carbocycles. The van der Waals surface area contributed by atoms with Crippen molar-refractivity contribution in [2.75, 3.05) is 7.11 Å². The number of halogens is 3. The molecule has 0 saturated carbocycles. The quantitative estimate of drug-likeness (QED) is 0.509. The molecule has 0 fully saturated rings. The summed E-state index contributed by atoms with van der Waals surface area (Å²) < 4.78 is 42.7. The van der Waals surface area contributed by atoms with E-state index in [-0.39, 0.29) is 5.52 Å². The van der Waals surface area contributed by atoms with Crippen LogP contribution in [0.3, 0.4) is 0 Å². The molecule has 0 radical (unpaired) electrons. The maximum Gasteiger partial charge on any atom is 0.416 e. The fourth-order valence-corrected chi connectivity index (χ4v) is 2.10. The summed E-state index contributed by atoms with van der Waals surface area (Å²) in [4.78, 5) is 19.9. The van der Waals surface area contributed by atoms with Crippen LogP contribution in [0.15, 0.2) is 36.4 Å². The summed E-state index contributed by atoms with van der Waals surface area (Å²) in [5, 5.41) is 0. The number of carbonyl (C=O) groups excluding carboxylic acids is 1. The minimum Gasteiger partial charge on any atom is -0.465 e. The van der Waals surface area contributed by atoms with Crippen LogP contribution in [0.1, 0.15) is 15.9 Å². The minimum absolute atomic E-state index is 0.146. The van der Waals surface area contributed by atoms with Crippen molar-refractivity contribution in [1.29, 1.82) is 0 Å². The van der Waals surface area contributed by atoms with E-state index in [0.717, 1.165) is 12.1 Å². The van der Waals surface area contributed by atoms with Crippen molar-refractivity contribution in [3.05, 3.63) is 47.5 Å². The summed E-state index contributed by atoms with van der Waals surface area (Å²) >= 11 is 0. The molecule has 0 aliphatic heterocycles. The van der Waals surface area contributed by atoms with Gasteiger partial charge in [-0.05, 0) is 36.4 Å². The Bertz CT molecular complexity index is 891. The number of rotatable bonds is 1. The van der Waals surface area contributed by atoms with Gasteiger partial charge < -0.3 is 4.74 Å². The standard InChI is InChI=1S/C15H9F3N2O2/c1-22-14(21)8-2-4-10-12(6-8)19-11-5-3-9(15(16,17)18)7-13(11)20-10/h2-7H,1H3. The Morgan fingerprint density at radius 3 is 2.14 bits per heavy atom. The van der Waals surface area contributed by atoms with Gasteiger partial charge >= 0.3 is 12.1 Å². The highest BCUT2D eigenvalue weighted by Crippen LogP contribution is 2.31. The van der Waals surface area contributed by atoms with E-state index < -0.39 is 17.7 Å². The van der Waals surface area contributed by atoms with Gasteiger partial charge in [-0.25, -0.2) is 14.8 Å². The molecule has 0 N–H and O–H groups in total. The average molecular weight is 306 g/mol. The Morgan fingerprint density at radius 1 is 0.955 bits per heavy atom. The second kappa shape index (κ2) is 4.94. The van der Waals surface area contributed by atoms with Crippen LogP contribution in [0.4, 0.5) is 13.2 Å². The molecule has 1 heterocycles. The van der Waals surface area contributed by atoms with Gasteiger partial charge in [0.15, 0.2) is 0 Å². The first-order valence-corrected chi connectivity index (χ1v) is 6.25. The Balaban J connectivity index is 2.19. The number of nitrogens with zero attached hydrogens (tertiary/aromatic N) is 2. The van der Waals surface area contributed by atoms with Crippen LogP contribution in [-0.2, 0) is 10.9 Å². The van der Waals surface area contributed by atoms with Crippen LogP contribution in [0.2, 0.25) is 0 Å². The van der Waals surface area contributed by atoms with Crippen molar-refractivity contribution in [3.8, 4) is 0 Å². The highest BCUT2D eigenvalue weighted by atomic mass is 19.4. The third kappa shape index (κ3) is 2.45. The largest absolute Gasteiger partial charge is 0.465 e. The lowest BCUT2D eigenvalue weighted by Crippen LogP contribution is -2.05. The number of methoxy groups -OCH3 is 1. The summed E-state index contributed by atoms with van der Waals surface area (Å²) in [5.74, 6) is -0.517. The SMILES string of the molecule is COC(=O)c1ccc2nc3cc(C(F)(F)F)ccc3nc2c1. The van der Waals surface area contributed by atoms with Crippen LogP contribution in [0.25, 0.3) is 22.1 Å². The monoisotopic (exact) mass is 306 g/mol. The van der Waals surface area contributed by atoms with Crippen molar-refractivity contribution < 1.29 is 22.7 Å². The Labute approximate surface area is 122 Å². The lowest BCUT2D eigenvalue weighted by molar-refractivity contribution is -0.137. The van der Waals surface area contributed by atoms with Crippen LogP contribution in [-0.4, -0.2) is 23.0 Å². The van der Waals surface area contributed by atoms with Gasteiger partial charge in [-0.3, -0.25) is 0 Å². The molecule has 4 nitrogen and oxygen atoms in total. The molecule has 7 heteroatoms. The van der Waals surface area contributed by atoms with Crippen LogP contribution in [0, 0.1) is 0 Å². The van der Waals surface area contributed by atoms with E-state index in [2.05, 4.69) is 14.7 Å². The zero-order valence-corrected chi connectivity index (χ0v) is 11.3. The van der Waals surface area contributed by atoms with Crippen LogP contribution >= 0.6 is 0 Å². The summed E-state index contributed by atoms with van der Waals surface area (Å²) in [6, 6.07) is 7.67. The van der Waals surface area contributed by atoms with Gasteiger partial charge in [0, 0.05) is 0 Å². The molecule has 0 aliphatic rings. The molecule has 3 aromatic rings. The molecule has 0 spiro atoms. The Hall–Kier alpha value is -2.70. The molecule has 2 aromatic carbocycles. The fourth-order valence-electron chi connectivity index (χ4n) is 2.10. The number of alkyl halides is 3. The second-order valence-electron chi connectivity index (χ2n) is 4.62. The van der Waals surface area contributed by atoms with E-state index in [1.165, 1.54) is 31.4 Å². The average Bonchev–Trinajstić information content (AvgIpc) is 2.50. The van der Waals surface area contributed by atoms with Gasteiger partial charge in [-0.15, -0.1) is 0 Å². The number of hydrogen-bond donors (Lipinski definition) is 0. The second-order valence-corrected chi connectivity index (χ2v) is 4.62. The molecule has 0 bridgehead atoms. The van der Waals surface area contributed by atoms with E-state index in [1.54, 1.807) is 0 Å². The van der Waals surface area contributed by atoms with Gasteiger partial charge in [-0.1, -0.05) is 0 Å². The molecule has 0 unspecified atom stereocenters. The number of fused-ring (bicyclic) bond motifs is 2. The molecule has 0 saturated heterocycles. The number of ether oxygens (including phenoxy) is 1. The summed E-state index contributed by atoms with van der Waals surface area (Å²) in [5.41, 5.74) is 0.806. The molecular formula is C15H9F3N2O2. The number of hydrogen-bond acceptors (Lipinski definition) is 4. The van der Waals surface area contributed by atoms with Gasteiger partial charge in [0.1, 0.15) is 0 Å². The van der Waals surface area contributed by atoms with E-state index in [4.69, 9.17) is 0 Å². The fraction of sp³-hybridized carbons (Fsp3) is 0.133. The maximum absolute atomic E-state index is 12.7. The first-order valence-electron chi connectivity index (χ1n) is 6.25. The summed E-state index contributed by atoms with van der Waals surface area (Å²) in [6.07, 6.45) is -4.43. The predicted octanol–water partition coefficient (Wildman–Crippen LogP) is 3.59. The van der Waals surface area contributed by atoms with Crippen molar-refractivity contribution >= 4 is 28.0 Å². The molecule has 22 heavy (non-hydrogen) atoms. The lowest BCUT2D eigenvalue weighted by atomic mass is 10.1. The van der Waals surface area contributed by atoms with E-state index in [0.29, 0.717) is 22.1 Å². The third-order valence-electron chi connectivity index (χ3n) is 3.18. The van der Waals surface area contributed by atoms with Crippen molar-refractivity contribution in [2.24, 2.45) is 0 Å². The van der Waals surface area contributed by atoms with Gasteiger partial charge in [0.25, 0.3) is 0 Å². The first-order chi connectivity index (χ1) is 10.4. The van der Waals surface area contributed by atoms with Gasteiger partial charge in [0.05, 0.1) is 40.3 Å². The zero-order valence-electron chi connectivity index (χ0n) is 11.3. The zero-order chi connectivity index (χ0) is 15.9.